The lowest BCUT2D eigenvalue weighted by atomic mass is 9.94. The van der Waals surface area contributed by atoms with Gasteiger partial charge < -0.3 is 30.3 Å². The molecular weight excluding hydrogens is 478 g/mol. The highest BCUT2D eigenvalue weighted by Gasteiger charge is 2.27. The van der Waals surface area contributed by atoms with Crippen LogP contribution >= 0.6 is 15.9 Å². The Morgan fingerprint density at radius 3 is 2.50 bits per heavy atom. The second-order valence-electron chi connectivity index (χ2n) is 8.53. The number of carbonyl (C=O) groups is 2. The second-order valence-corrected chi connectivity index (χ2v) is 9.38. The molecule has 2 fully saturated rings. The fraction of sp³-hybridized carbons (Fsp3) is 0.682. The van der Waals surface area contributed by atoms with Crippen LogP contribution in [0.15, 0.2) is 10.5 Å². The zero-order chi connectivity index (χ0) is 23.1. The first-order chi connectivity index (χ1) is 15.4. The number of nitrogen functional groups attached to an aromatic ring is 1. The number of rotatable bonds is 8. The van der Waals surface area contributed by atoms with Gasteiger partial charge >= 0.3 is 0 Å². The minimum Gasteiger partial charge on any atom is -0.480 e. The highest BCUT2D eigenvalue weighted by Crippen LogP contribution is 2.26. The Kier molecular flexibility index (Phi) is 9.12. The van der Waals surface area contributed by atoms with Crippen LogP contribution in [0, 0.1) is 5.92 Å². The third-order valence-corrected chi connectivity index (χ3v) is 6.97. The molecule has 2 amide bonds. The van der Waals surface area contributed by atoms with Crippen molar-refractivity contribution in [3.05, 3.63) is 16.1 Å². The monoisotopic (exact) mass is 511 g/mol. The molecule has 178 valence electrons. The van der Waals surface area contributed by atoms with E-state index >= 15 is 0 Å². The number of hydrogen-bond donors (Lipinski definition) is 2. The summed E-state index contributed by atoms with van der Waals surface area (Å²) >= 11 is 3.32. The van der Waals surface area contributed by atoms with Gasteiger partial charge in [0.15, 0.2) is 0 Å². The molecule has 0 saturated carbocycles. The maximum Gasteiger partial charge on any atom is 0.257 e. The molecule has 32 heavy (non-hydrogen) atoms. The summed E-state index contributed by atoms with van der Waals surface area (Å²) < 4.78 is 10.8. The highest BCUT2D eigenvalue weighted by atomic mass is 79.9. The average Bonchev–Trinajstić information content (AvgIpc) is 2.80. The van der Waals surface area contributed by atoms with Gasteiger partial charge in [0, 0.05) is 45.9 Å². The number of hydrogen-bond acceptors (Lipinski definition) is 7. The van der Waals surface area contributed by atoms with Gasteiger partial charge in [0.25, 0.3) is 5.91 Å². The summed E-state index contributed by atoms with van der Waals surface area (Å²) in [6.07, 6.45) is 4.38. The summed E-state index contributed by atoms with van der Waals surface area (Å²) in [5.74, 6) is 1.14. The number of amides is 2. The number of ether oxygens (including phenoxy) is 2. The van der Waals surface area contributed by atoms with Gasteiger partial charge in [0.05, 0.1) is 24.6 Å². The van der Waals surface area contributed by atoms with E-state index in [0.717, 1.165) is 58.4 Å². The number of aromatic nitrogens is 1. The summed E-state index contributed by atoms with van der Waals surface area (Å²) in [4.78, 5) is 33.5. The van der Waals surface area contributed by atoms with Crippen LogP contribution in [0.25, 0.3) is 0 Å². The van der Waals surface area contributed by atoms with E-state index < -0.39 is 0 Å². The molecule has 0 atom stereocenters. The predicted octanol–water partition coefficient (Wildman–Crippen LogP) is 1.90. The van der Waals surface area contributed by atoms with Crippen LogP contribution in [0.2, 0.25) is 0 Å². The molecule has 3 rings (SSSR count). The molecule has 2 saturated heterocycles. The lowest BCUT2D eigenvalue weighted by molar-refractivity contribution is -0.133. The Morgan fingerprint density at radius 2 is 1.88 bits per heavy atom. The van der Waals surface area contributed by atoms with Gasteiger partial charge in [-0.3, -0.25) is 9.59 Å². The van der Waals surface area contributed by atoms with Gasteiger partial charge in [-0.15, -0.1) is 0 Å². The number of carbonyl (C=O) groups excluding carboxylic acids is 2. The zero-order valence-electron chi connectivity index (χ0n) is 18.9. The van der Waals surface area contributed by atoms with E-state index in [1.54, 1.807) is 13.2 Å². The maximum absolute atomic E-state index is 12.8. The largest absolute Gasteiger partial charge is 0.480 e. The van der Waals surface area contributed by atoms with Crippen molar-refractivity contribution in [3.63, 3.8) is 0 Å². The lowest BCUT2D eigenvalue weighted by Gasteiger charge is -2.38. The van der Waals surface area contributed by atoms with Gasteiger partial charge in [0.2, 0.25) is 11.8 Å². The second kappa shape index (κ2) is 11.8. The Morgan fingerprint density at radius 1 is 1.19 bits per heavy atom. The van der Waals surface area contributed by atoms with E-state index in [-0.39, 0.29) is 29.6 Å². The normalized spacial score (nSPS) is 18.5. The molecule has 3 N–H and O–H groups in total. The van der Waals surface area contributed by atoms with E-state index in [9.17, 15) is 9.59 Å². The first kappa shape index (κ1) is 24.7. The van der Waals surface area contributed by atoms with Gasteiger partial charge in [-0.25, -0.2) is 0 Å². The van der Waals surface area contributed by atoms with Crippen LogP contribution in [0.5, 0.6) is 5.88 Å². The first-order valence-corrected chi connectivity index (χ1v) is 12.0. The molecule has 3 heterocycles. The number of nitrogens with zero attached hydrogens (tertiary/aromatic N) is 3. The topological polar surface area (TPSA) is 110 Å². The number of likely N-dealkylation sites (tertiary alicyclic amines) is 2. The maximum atomic E-state index is 12.8. The molecule has 0 bridgehead atoms. The van der Waals surface area contributed by atoms with Crippen LogP contribution in [-0.2, 0) is 9.53 Å². The van der Waals surface area contributed by atoms with Crippen LogP contribution in [0.4, 0.5) is 5.82 Å². The van der Waals surface area contributed by atoms with Crippen molar-refractivity contribution < 1.29 is 19.1 Å². The fourth-order valence-corrected chi connectivity index (χ4v) is 4.72. The quantitative estimate of drug-likeness (QED) is 0.548. The van der Waals surface area contributed by atoms with E-state index in [0.29, 0.717) is 29.0 Å². The molecule has 0 aliphatic carbocycles. The van der Waals surface area contributed by atoms with Gasteiger partial charge in [-0.2, -0.15) is 4.98 Å². The van der Waals surface area contributed by atoms with E-state index in [4.69, 9.17) is 15.2 Å². The van der Waals surface area contributed by atoms with Crippen molar-refractivity contribution in [3.8, 4) is 5.88 Å². The van der Waals surface area contributed by atoms with Crippen LogP contribution in [0.3, 0.4) is 0 Å². The minimum atomic E-state index is -0.195. The summed E-state index contributed by atoms with van der Waals surface area (Å²) in [5, 5.41) is 3.11. The third-order valence-electron chi connectivity index (χ3n) is 6.33. The van der Waals surface area contributed by atoms with E-state index in [1.165, 1.54) is 7.11 Å². The summed E-state index contributed by atoms with van der Waals surface area (Å²) in [7, 11) is 3.10. The average molecular weight is 512 g/mol. The van der Waals surface area contributed by atoms with E-state index in [2.05, 4.69) is 31.1 Å². The lowest BCUT2D eigenvalue weighted by Crippen LogP contribution is -2.47. The number of halogens is 1. The molecule has 0 radical (unpaired) electrons. The number of pyridine rings is 1. The fourth-order valence-electron chi connectivity index (χ4n) is 4.40. The molecule has 10 heteroatoms. The first-order valence-electron chi connectivity index (χ1n) is 11.2. The van der Waals surface area contributed by atoms with Crippen LogP contribution in [-0.4, -0.2) is 86.2 Å². The molecule has 1 aromatic heterocycles. The highest BCUT2D eigenvalue weighted by molar-refractivity contribution is 9.10. The molecule has 2 aliphatic rings. The Labute approximate surface area is 198 Å². The van der Waals surface area contributed by atoms with Crippen molar-refractivity contribution in [2.24, 2.45) is 5.92 Å². The number of piperidine rings is 2. The number of nitrogens with one attached hydrogen (secondary N) is 1. The van der Waals surface area contributed by atoms with Crippen LogP contribution in [0.1, 0.15) is 42.5 Å². The van der Waals surface area contributed by atoms with Crippen molar-refractivity contribution >= 4 is 33.6 Å². The SMILES string of the molecule is COCCC(=O)N1CCC(CN2CCC(NC(=O)c3cc(Br)c(N)nc3OC)CC2)CC1. The Bertz CT molecular complexity index is 793. The van der Waals surface area contributed by atoms with E-state index in [1.807, 2.05) is 4.90 Å². The van der Waals surface area contributed by atoms with Crippen molar-refractivity contribution in [1.82, 2.24) is 20.1 Å². The van der Waals surface area contributed by atoms with Crippen LogP contribution < -0.4 is 15.8 Å². The standard InChI is InChI=1S/C22H34BrN5O4/c1-31-12-7-19(29)28-10-3-15(4-11-28)14-27-8-5-16(6-9-27)25-21(30)17-13-18(23)20(24)26-22(17)32-2/h13,15-16H,3-12,14H2,1-2H3,(H2,24,26)(H,25,30). The molecule has 2 aliphatic heterocycles. The predicted molar refractivity (Wildman–Crippen MR) is 126 cm³/mol. The molecule has 9 nitrogen and oxygen atoms in total. The smallest absolute Gasteiger partial charge is 0.257 e. The molecular formula is C22H34BrN5O4. The summed E-state index contributed by atoms with van der Waals surface area (Å²) in [6.45, 7) is 5.14. The Balaban J connectivity index is 1.41. The summed E-state index contributed by atoms with van der Waals surface area (Å²) in [6, 6.07) is 1.78. The zero-order valence-corrected chi connectivity index (χ0v) is 20.5. The van der Waals surface area contributed by atoms with Crippen molar-refractivity contribution in [2.75, 3.05) is 59.3 Å². The third kappa shape index (κ3) is 6.55. The van der Waals surface area contributed by atoms with Crippen molar-refractivity contribution in [1.29, 1.82) is 0 Å². The number of methoxy groups -OCH3 is 2. The molecule has 0 spiro atoms. The van der Waals surface area contributed by atoms with Gasteiger partial charge in [0.1, 0.15) is 11.4 Å². The summed E-state index contributed by atoms with van der Waals surface area (Å²) in [5.41, 5.74) is 6.16. The molecule has 0 unspecified atom stereocenters. The van der Waals surface area contributed by atoms with Gasteiger partial charge in [-0.05, 0) is 53.6 Å². The molecule has 0 aromatic carbocycles. The Hall–Kier alpha value is -1.91. The van der Waals surface area contributed by atoms with Crippen molar-refractivity contribution in [2.45, 2.75) is 38.1 Å². The molecule has 1 aromatic rings. The van der Waals surface area contributed by atoms with Gasteiger partial charge in [-0.1, -0.05) is 0 Å². The minimum absolute atomic E-state index is 0.125. The number of nitrogens with two attached hydrogens (primary N) is 1. The number of anilines is 1.